The molecule has 0 atom stereocenters. The van der Waals surface area contributed by atoms with Crippen LogP contribution < -0.4 is 15.4 Å². The van der Waals surface area contributed by atoms with Crippen LogP contribution in [0.5, 0.6) is 5.75 Å². The molecule has 0 aliphatic heterocycles. The van der Waals surface area contributed by atoms with Crippen LogP contribution >= 0.6 is 0 Å². The summed E-state index contributed by atoms with van der Waals surface area (Å²) in [5.74, 6) is 0.945. The second-order valence-electron chi connectivity index (χ2n) is 5.78. The molecule has 0 saturated carbocycles. The molecule has 1 aromatic carbocycles. The first kappa shape index (κ1) is 16.0. The van der Waals surface area contributed by atoms with Gasteiger partial charge in [-0.3, -0.25) is 0 Å². The van der Waals surface area contributed by atoms with Crippen LogP contribution in [-0.4, -0.2) is 25.2 Å². The van der Waals surface area contributed by atoms with E-state index in [9.17, 15) is 0 Å². The predicted molar refractivity (Wildman–Crippen MR) is 81.7 cm³/mol. The van der Waals surface area contributed by atoms with Crippen LogP contribution in [-0.2, 0) is 6.54 Å². The third-order valence-corrected chi connectivity index (χ3v) is 2.75. The molecule has 0 bridgehead atoms. The minimum atomic E-state index is 0.217. The Bertz CT molecular complexity index is 341. The maximum atomic E-state index is 5.42. The van der Waals surface area contributed by atoms with E-state index >= 15 is 0 Å². The summed E-state index contributed by atoms with van der Waals surface area (Å²) in [6.45, 7) is 12.3. The van der Waals surface area contributed by atoms with Crippen LogP contribution in [0.15, 0.2) is 24.3 Å². The zero-order valence-electron chi connectivity index (χ0n) is 12.8. The van der Waals surface area contributed by atoms with Crippen LogP contribution in [0, 0.1) is 0 Å². The summed E-state index contributed by atoms with van der Waals surface area (Å²) in [6.07, 6.45) is 1.15. The summed E-state index contributed by atoms with van der Waals surface area (Å²) < 4.78 is 5.42. The van der Waals surface area contributed by atoms with Crippen molar-refractivity contribution >= 4 is 0 Å². The van der Waals surface area contributed by atoms with Crippen molar-refractivity contribution < 1.29 is 4.74 Å². The van der Waals surface area contributed by atoms with Gasteiger partial charge in [-0.1, -0.05) is 12.1 Å². The first-order valence-corrected chi connectivity index (χ1v) is 7.19. The standard InChI is InChI=1S/C16H28N2O/c1-5-19-15-9-7-14(8-10-15)13-17-11-6-12-18-16(2,3)4/h7-10,17-18H,5-6,11-13H2,1-4H3. The molecule has 108 valence electrons. The fourth-order valence-corrected chi connectivity index (χ4v) is 1.78. The lowest BCUT2D eigenvalue weighted by Crippen LogP contribution is -2.37. The molecule has 0 spiro atoms. The minimum absolute atomic E-state index is 0.217. The van der Waals surface area contributed by atoms with Gasteiger partial charge in [-0.05, 0) is 64.9 Å². The van der Waals surface area contributed by atoms with Gasteiger partial charge in [-0.15, -0.1) is 0 Å². The maximum absolute atomic E-state index is 5.42. The van der Waals surface area contributed by atoms with Gasteiger partial charge < -0.3 is 15.4 Å². The smallest absolute Gasteiger partial charge is 0.119 e. The molecule has 3 nitrogen and oxygen atoms in total. The van der Waals surface area contributed by atoms with Crippen LogP contribution in [0.1, 0.15) is 39.7 Å². The summed E-state index contributed by atoms with van der Waals surface area (Å²) in [5.41, 5.74) is 1.52. The molecule has 0 heterocycles. The van der Waals surface area contributed by atoms with E-state index in [0.29, 0.717) is 0 Å². The lowest BCUT2D eigenvalue weighted by atomic mass is 10.1. The van der Waals surface area contributed by atoms with Crippen molar-refractivity contribution in [2.75, 3.05) is 19.7 Å². The van der Waals surface area contributed by atoms with E-state index in [1.54, 1.807) is 0 Å². The SMILES string of the molecule is CCOc1ccc(CNCCCNC(C)(C)C)cc1. The van der Waals surface area contributed by atoms with Gasteiger partial charge in [-0.25, -0.2) is 0 Å². The van der Waals surface area contributed by atoms with E-state index in [2.05, 4.69) is 43.5 Å². The van der Waals surface area contributed by atoms with Crippen molar-refractivity contribution in [3.05, 3.63) is 29.8 Å². The van der Waals surface area contributed by atoms with Crippen LogP contribution in [0.25, 0.3) is 0 Å². The fourth-order valence-electron chi connectivity index (χ4n) is 1.78. The molecular weight excluding hydrogens is 236 g/mol. The Labute approximate surface area is 117 Å². The Kier molecular flexibility index (Phi) is 6.89. The van der Waals surface area contributed by atoms with Gasteiger partial charge in [0.25, 0.3) is 0 Å². The van der Waals surface area contributed by atoms with E-state index in [4.69, 9.17) is 4.74 Å². The molecule has 0 fully saturated rings. The highest BCUT2D eigenvalue weighted by Gasteiger charge is 2.06. The van der Waals surface area contributed by atoms with Gasteiger partial charge in [0.1, 0.15) is 5.75 Å². The first-order valence-electron chi connectivity index (χ1n) is 7.19. The highest BCUT2D eigenvalue weighted by atomic mass is 16.5. The number of hydrogen-bond donors (Lipinski definition) is 2. The molecule has 0 amide bonds. The van der Waals surface area contributed by atoms with Gasteiger partial charge in [0, 0.05) is 12.1 Å². The van der Waals surface area contributed by atoms with Crippen molar-refractivity contribution in [1.29, 1.82) is 0 Å². The topological polar surface area (TPSA) is 33.3 Å². The van der Waals surface area contributed by atoms with E-state index in [0.717, 1.165) is 38.4 Å². The Morgan fingerprint density at radius 3 is 2.32 bits per heavy atom. The quantitative estimate of drug-likeness (QED) is 0.708. The predicted octanol–water partition coefficient (Wildman–Crippen LogP) is 2.95. The summed E-state index contributed by atoms with van der Waals surface area (Å²) in [4.78, 5) is 0. The largest absolute Gasteiger partial charge is 0.494 e. The van der Waals surface area contributed by atoms with E-state index in [1.165, 1.54) is 5.56 Å². The fraction of sp³-hybridized carbons (Fsp3) is 0.625. The second-order valence-corrected chi connectivity index (χ2v) is 5.78. The molecule has 1 aromatic rings. The van der Waals surface area contributed by atoms with Crippen LogP contribution in [0.4, 0.5) is 0 Å². The van der Waals surface area contributed by atoms with Gasteiger partial charge in [0.15, 0.2) is 0 Å². The molecule has 1 rings (SSSR count). The first-order chi connectivity index (χ1) is 9.01. The molecular formula is C16H28N2O. The Morgan fingerprint density at radius 1 is 1.05 bits per heavy atom. The van der Waals surface area contributed by atoms with Crippen LogP contribution in [0.3, 0.4) is 0 Å². The van der Waals surface area contributed by atoms with Gasteiger partial charge in [0.2, 0.25) is 0 Å². The number of ether oxygens (including phenoxy) is 1. The Morgan fingerprint density at radius 2 is 1.74 bits per heavy atom. The molecule has 2 N–H and O–H groups in total. The highest BCUT2D eigenvalue weighted by molar-refractivity contribution is 5.27. The van der Waals surface area contributed by atoms with Crippen LogP contribution in [0.2, 0.25) is 0 Å². The molecule has 0 aromatic heterocycles. The average Bonchev–Trinajstić information content (AvgIpc) is 2.35. The van der Waals surface area contributed by atoms with Gasteiger partial charge in [-0.2, -0.15) is 0 Å². The third kappa shape index (κ3) is 7.85. The van der Waals surface area contributed by atoms with Gasteiger partial charge in [0.05, 0.1) is 6.61 Å². The van der Waals surface area contributed by atoms with Crippen molar-refractivity contribution in [1.82, 2.24) is 10.6 Å². The number of benzene rings is 1. The van der Waals surface area contributed by atoms with Crippen molar-refractivity contribution in [2.24, 2.45) is 0 Å². The Balaban J connectivity index is 2.12. The van der Waals surface area contributed by atoms with E-state index in [-0.39, 0.29) is 5.54 Å². The monoisotopic (exact) mass is 264 g/mol. The lowest BCUT2D eigenvalue weighted by molar-refractivity contribution is 0.340. The van der Waals surface area contributed by atoms with Gasteiger partial charge >= 0.3 is 0 Å². The maximum Gasteiger partial charge on any atom is 0.119 e. The van der Waals surface area contributed by atoms with E-state index < -0.39 is 0 Å². The zero-order valence-corrected chi connectivity index (χ0v) is 12.8. The summed E-state index contributed by atoms with van der Waals surface area (Å²) in [5, 5.41) is 6.94. The van der Waals surface area contributed by atoms with E-state index in [1.807, 2.05) is 19.1 Å². The van der Waals surface area contributed by atoms with Crippen molar-refractivity contribution in [3.8, 4) is 5.75 Å². The molecule has 3 heteroatoms. The molecule has 19 heavy (non-hydrogen) atoms. The van der Waals surface area contributed by atoms with Crippen molar-refractivity contribution in [3.63, 3.8) is 0 Å². The molecule has 0 aliphatic carbocycles. The second kappa shape index (κ2) is 8.18. The molecule has 0 saturated heterocycles. The minimum Gasteiger partial charge on any atom is -0.494 e. The molecule has 0 aliphatic rings. The summed E-state index contributed by atoms with van der Waals surface area (Å²) in [6, 6.07) is 8.29. The highest BCUT2D eigenvalue weighted by Crippen LogP contribution is 2.11. The lowest BCUT2D eigenvalue weighted by Gasteiger charge is -2.20. The summed E-state index contributed by atoms with van der Waals surface area (Å²) >= 11 is 0. The number of nitrogens with one attached hydrogen (secondary N) is 2. The summed E-state index contributed by atoms with van der Waals surface area (Å²) in [7, 11) is 0. The average molecular weight is 264 g/mol. The van der Waals surface area contributed by atoms with Crippen molar-refractivity contribution in [2.45, 2.75) is 46.2 Å². The number of hydrogen-bond acceptors (Lipinski definition) is 3. The number of rotatable bonds is 8. The molecule has 0 radical (unpaired) electrons. The molecule has 0 unspecified atom stereocenters. The normalized spacial score (nSPS) is 11.6. The third-order valence-electron chi connectivity index (χ3n) is 2.75. The zero-order chi connectivity index (χ0) is 14.1. The Hall–Kier alpha value is -1.06.